The topological polar surface area (TPSA) is 130 Å². The van der Waals surface area contributed by atoms with E-state index in [1.807, 2.05) is 0 Å². The molecule has 2 rings (SSSR count). The highest BCUT2D eigenvalue weighted by Crippen LogP contribution is 2.51. The van der Waals surface area contributed by atoms with Gasteiger partial charge in [0.2, 0.25) is 10.8 Å². The third-order valence-corrected chi connectivity index (χ3v) is 3.76. The van der Waals surface area contributed by atoms with Gasteiger partial charge in [0.05, 0.1) is 4.92 Å². The number of carbonyl (C=O) groups is 1. The average molecular weight is 306 g/mol. The van der Waals surface area contributed by atoms with E-state index in [-0.39, 0.29) is 20.2 Å². The molecule has 0 fully saturated rings. The minimum atomic E-state index is -1.63. The summed E-state index contributed by atoms with van der Waals surface area (Å²) in [4.78, 5) is 20.4. The van der Waals surface area contributed by atoms with E-state index in [1.54, 1.807) is 0 Å². The molecule has 0 aliphatic heterocycles. The zero-order valence-electron chi connectivity index (χ0n) is 8.79. The van der Waals surface area contributed by atoms with Crippen LogP contribution in [0.5, 0.6) is 16.6 Å². The number of benzene rings is 1. The van der Waals surface area contributed by atoms with E-state index in [4.69, 9.17) is 16.7 Å². The maximum Gasteiger partial charge on any atom is 0.512 e. The second kappa shape index (κ2) is 4.44. The summed E-state index contributed by atoms with van der Waals surface area (Å²) < 4.78 is 4.27. The van der Waals surface area contributed by atoms with Gasteiger partial charge in [-0.05, 0) is 6.07 Å². The zero-order chi connectivity index (χ0) is 14.3. The molecule has 0 unspecified atom stereocenters. The number of nitrogens with zero attached hydrogens (tertiary/aromatic N) is 1. The Kier molecular flexibility index (Phi) is 3.08. The highest BCUT2D eigenvalue weighted by Gasteiger charge is 2.28. The van der Waals surface area contributed by atoms with E-state index in [0.717, 1.165) is 6.07 Å². The number of thiophene rings is 1. The molecule has 3 N–H and O–H groups in total. The van der Waals surface area contributed by atoms with Crippen molar-refractivity contribution in [1.82, 2.24) is 0 Å². The average Bonchev–Trinajstić information content (AvgIpc) is 2.57. The molecular weight excluding hydrogens is 302 g/mol. The first-order valence-electron chi connectivity index (χ1n) is 4.55. The number of phenols is 2. The van der Waals surface area contributed by atoms with Crippen LogP contribution in [0.25, 0.3) is 10.1 Å². The number of ether oxygens (including phenoxy) is 1. The van der Waals surface area contributed by atoms with Gasteiger partial charge in [-0.15, -0.1) is 0 Å². The van der Waals surface area contributed by atoms with Crippen LogP contribution in [0.4, 0.5) is 10.5 Å². The highest BCUT2D eigenvalue weighted by atomic mass is 35.5. The molecule has 1 heterocycles. The summed E-state index contributed by atoms with van der Waals surface area (Å²) in [5, 5.41) is 37.8. The van der Waals surface area contributed by atoms with Gasteiger partial charge in [-0.2, -0.15) is 0 Å². The van der Waals surface area contributed by atoms with Crippen molar-refractivity contribution in [2.45, 2.75) is 0 Å². The second-order valence-corrected chi connectivity index (χ2v) is 4.66. The number of nitro groups is 1. The van der Waals surface area contributed by atoms with Gasteiger partial charge in [-0.3, -0.25) is 10.1 Å². The minimum Gasteiger partial charge on any atom is -0.504 e. The van der Waals surface area contributed by atoms with E-state index < -0.39 is 28.3 Å². The Morgan fingerprint density at radius 3 is 2.63 bits per heavy atom. The number of phenolic OH excluding ortho intramolecular Hbond substituents is 2. The number of hydrogen-bond acceptors (Lipinski definition) is 7. The van der Waals surface area contributed by atoms with Crippen LogP contribution in [0.15, 0.2) is 6.07 Å². The Morgan fingerprint density at radius 2 is 2.11 bits per heavy atom. The van der Waals surface area contributed by atoms with Crippen molar-refractivity contribution in [3.63, 3.8) is 0 Å². The van der Waals surface area contributed by atoms with Gasteiger partial charge in [0.25, 0.3) is 0 Å². The molecule has 1 aromatic carbocycles. The molecular formula is C9H4ClNO7S. The Balaban J connectivity index is 2.82. The maximum atomic E-state index is 10.9. The van der Waals surface area contributed by atoms with Gasteiger partial charge in [0.15, 0.2) is 5.75 Å². The SMILES string of the molecule is O=C(O)Oc1sc2c([N+](=O)[O-])c(O)c(O)cc2c1Cl. The monoisotopic (exact) mass is 305 g/mol. The first-order chi connectivity index (χ1) is 8.82. The lowest BCUT2D eigenvalue weighted by Crippen LogP contribution is -2.01. The highest BCUT2D eigenvalue weighted by molar-refractivity contribution is 7.22. The largest absolute Gasteiger partial charge is 0.512 e. The molecule has 1 aromatic heterocycles. The molecule has 0 aliphatic rings. The van der Waals surface area contributed by atoms with Crippen LogP contribution in [0.3, 0.4) is 0 Å². The molecule has 0 amide bonds. The fraction of sp³-hybridized carbons (Fsp3) is 0. The lowest BCUT2D eigenvalue weighted by atomic mass is 10.2. The van der Waals surface area contributed by atoms with Gasteiger partial charge in [0, 0.05) is 5.39 Å². The molecule has 0 saturated heterocycles. The van der Waals surface area contributed by atoms with Gasteiger partial charge in [-0.1, -0.05) is 22.9 Å². The summed E-state index contributed by atoms with van der Waals surface area (Å²) >= 11 is 6.39. The van der Waals surface area contributed by atoms with Crippen LogP contribution in [0.2, 0.25) is 5.02 Å². The fourth-order valence-corrected chi connectivity index (χ4v) is 2.85. The van der Waals surface area contributed by atoms with Crippen LogP contribution >= 0.6 is 22.9 Å². The van der Waals surface area contributed by atoms with E-state index in [2.05, 4.69) is 4.74 Å². The van der Waals surface area contributed by atoms with Crippen molar-refractivity contribution >= 4 is 44.9 Å². The van der Waals surface area contributed by atoms with Crippen LogP contribution in [0, 0.1) is 10.1 Å². The lowest BCUT2D eigenvalue weighted by molar-refractivity contribution is -0.383. The van der Waals surface area contributed by atoms with Crippen molar-refractivity contribution in [2.24, 2.45) is 0 Å². The van der Waals surface area contributed by atoms with Crippen molar-refractivity contribution in [3.05, 3.63) is 21.2 Å². The van der Waals surface area contributed by atoms with Gasteiger partial charge in [-0.25, -0.2) is 4.79 Å². The van der Waals surface area contributed by atoms with Crippen molar-refractivity contribution < 1.29 is 29.8 Å². The summed E-state index contributed by atoms with van der Waals surface area (Å²) in [5.74, 6) is -1.65. The third-order valence-electron chi connectivity index (χ3n) is 2.18. The second-order valence-electron chi connectivity index (χ2n) is 3.30. The predicted molar refractivity (Wildman–Crippen MR) is 65.5 cm³/mol. The quantitative estimate of drug-likeness (QED) is 0.336. The molecule has 0 atom stereocenters. The zero-order valence-corrected chi connectivity index (χ0v) is 10.4. The van der Waals surface area contributed by atoms with E-state index in [1.165, 1.54) is 0 Å². The van der Waals surface area contributed by atoms with Gasteiger partial charge >= 0.3 is 11.8 Å². The molecule has 0 radical (unpaired) electrons. The Hall–Kier alpha value is -2.26. The van der Waals surface area contributed by atoms with Gasteiger partial charge in [0.1, 0.15) is 9.72 Å². The minimum absolute atomic E-state index is 0.0184. The normalized spacial score (nSPS) is 10.6. The number of hydrogen-bond donors (Lipinski definition) is 3. The fourth-order valence-electron chi connectivity index (χ4n) is 1.46. The van der Waals surface area contributed by atoms with E-state index >= 15 is 0 Å². The van der Waals surface area contributed by atoms with Crippen LogP contribution in [-0.2, 0) is 0 Å². The van der Waals surface area contributed by atoms with Gasteiger partial charge < -0.3 is 20.1 Å². The molecule has 100 valence electrons. The first kappa shape index (κ1) is 13.2. The van der Waals surface area contributed by atoms with E-state index in [9.17, 15) is 25.1 Å². The molecule has 0 saturated carbocycles. The standard InChI is InChI=1S/C9H4ClNO7S/c10-4-2-1-3(12)6(13)5(11(16)17)7(2)19-8(4)18-9(14)15/h1,12-13H,(H,14,15). The molecule has 0 bridgehead atoms. The summed E-state index contributed by atoms with van der Waals surface area (Å²) in [6.07, 6.45) is -1.63. The van der Waals surface area contributed by atoms with Crippen molar-refractivity contribution in [3.8, 4) is 16.6 Å². The Morgan fingerprint density at radius 1 is 1.47 bits per heavy atom. The van der Waals surface area contributed by atoms with E-state index in [0.29, 0.717) is 11.3 Å². The number of carboxylic acid groups (broad SMARTS) is 1. The summed E-state index contributed by atoms with van der Waals surface area (Å²) in [5.41, 5.74) is -0.762. The molecule has 0 aliphatic carbocycles. The molecule has 19 heavy (non-hydrogen) atoms. The smallest absolute Gasteiger partial charge is 0.504 e. The Bertz CT molecular complexity index is 710. The third kappa shape index (κ3) is 2.09. The van der Waals surface area contributed by atoms with Crippen LogP contribution < -0.4 is 4.74 Å². The first-order valence-corrected chi connectivity index (χ1v) is 5.74. The summed E-state index contributed by atoms with van der Waals surface area (Å²) in [7, 11) is 0. The maximum absolute atomic E-state index is 10.9. The van der Waals surface area contributed by atoms with Crippen LogP contribution in [0.1, 0.15) is 0 Å². The number of nitro benzene ring substituents is 1. The lowest BCUT2D eigenvalue weighted by Gasteiger charge is -2.00. The molecule has 2 aromatic rings. The number of halogens is 1. The predicted octanol–water partition coefficient (Wildman–Crippen LogP) is 2.93. The molecule has 0 spiro atoms. The number of aromatic hydroxyl groups is 2. The molecule has 8 nitrogen and oxygen atoms in total. The Labute approximate surface area is 113 Å². The van der Waals surface area contributed by atoms with Crippen molar-refractivity contribution in [1.29, 1.82) is 0 Å². The van der Waals surface area contributed by atoms with Crippen LogP contribution in [-0.4, -0.2) is 26.4 Å². The summed E-state index contributed by atoms with van der Waals surface area (Å²) in [6.45, 7) is 0. The number of rotatable bonds is 2. The summed E-state index contributed by atoms with van der Waals surface area (Å²) in [6, 6.07) is 0.991. The molecule has 10 heteroatoms. The van der Waals surface area contributed by atoms with Crippen molar-refractivity contribution in [2.75, 3.05) is 0 Å². The number of fused-ring (bicyclic) bond motifs is 1.